The number of nitrogens with zero attached hydrogens (tertiary/aromatic N) is 1. The van der Waals surface area contributed by atoms with Crippen LogP contribution in [-0.2, 0) is 19.1 Å². The van der Waals surface area contributed by atoms with E-state index in [2.05, 4.69) is 4.99 Å². The van der Waals surface area contributed by atoms with E-state index in [-0.39, 0.29) is 11.8 Å². The van der Waals surface area contributed by atoms with Gasteiger partial charge in [-0.1, -0.05) is 0 Å². The molecular formula is C14H21NO4. The summed E-state index contributed by atoms with van der Waals surface area (Å²) in [5, 5.41) is 0. The molecule has 5 nitrogen and oxygen atoms in total. The van der Waals surface area contributed by atoms with Crippen LogP contribution in [0, 0.1) is 0 Å². The molecule has 0 aromatic heterocycles. The number of esters is 2. The highest BCUT2D eigenvalue weighted by Gasteiger charge is 2.33. The maximum Gasteiger partial charge on any atom is 0.357 e. The first-order chi connectivity index (χ1) is 8.67. The molecule has 0 spiro atoms. The Morgan fingerprint density at radius 2 is 1.84 bits per heavy atom. The van der Waals surface area contributed by atoms with Crippen LogP contribution in [0.5, 0.6) is 0 Å². The molecule has 1 atom stereocenters. The van der Waals surface area contributed by atoms with Crippen molar-refractivity contribution in [3.63, 3.8) is 0 Å². The lowest BCUT2D eigenvalue weighted by molar-refractivity contribution is -0.146. The number of ether oxygens (including phenoxy) is 2. The topological polar surface area (TPSA) is 65.0 Å². The molecule has 0 saturated heterocycles. The Morgan fingerprint density at radius 3 is 2.32 bits per heavy atom. The van der Waals surface area contributed by atoms with E-state index < -0.39 is 17.5 Å². The summed E-state index contributed by atoms with van der Waals surface area (Å²) < 4.78 is 10.2. The normalized spacial score (nSPS) is 19.3. The molecule has 1 rings (SSSR count). The Hall–Kier alpha value is -1.65. The molecule has 0 N–H and O–H groups in total. The summed E-state index contributed by atoms with van der Waals surface area (Å²) in [7, 11) is 0. The fraction of sp³-hybridized carbons (Fsp3) is 0.643. The molecule has 1 heterocycles. The number of hydrogen-bond acceptors (Lipinski definition) is 5. The minimum atomic E-state index is -0.587. The molecule has 0 bridgehead atoms. The molecule has 1 aliphatic rings. The summed E-state index contributed by atoms with van der Waals surface area (Å²) in [6, 6.07) is -0.374. The van der Waals surface area contributed by atoms with Gasteiger partial charge in [0.05, 0.1) is 18.2 Å². The van der Waals surface area contributed by atoms with E-state index in [9.17, 15) is 9.59 Å². The van der Waals surface area contributed by atoms with Crippen LogP contribution >= 0.6 is 0 Å². The Labute approximate surface area is 113 Å². The molecule has 0 fully saturated rings. The zero-order chi connectivity index (χ0) is 14.8. The molecular weight excluding hydrogens is 246 g/mol. The summed E-state index contributed by atoms with van der Waals surface area (Å²) in [4.78, 5) is 28.0. The highest BCUT2D eigenvalue weighted by atomic mass is 16.6. The standard InChI is InChI=1S/C14H21NO4/c1-7-18-12(16)10-8(2)11(15-9(10)3)13(17)19-14(4,5)6/h9H,7H2,1-6H3/t9-/m0/s1. The van der Waals surface area contributed by atoms with E-state index in [1.807, 2.05) is 0 Å². The molecule has 0 aliphatic carbocycles. The van der Waals surface area contributed by atoms with Crippen LogP contribution < -0.4 is 0 Å². The average molecular weight is 267 g/mol. The molecule has 5 heteroatoms. The van der Waals surface area contributed by atoms with Gasteiger partial charge in [-0.05, 0) is 47.1 Å². The van der Waals surface area contributed by atoms with Crippen molar-refractivity contribution in [2.45, 2.75) is 53.2 Å². The summed E-state index contributed by atoms with van der Waals surface area (Å²) in [6.45, 7) is 10.8. The second kappa shape index (κ2) is 5.55. The molecule has 1 aliphatic heterocycles. The molecule has 0 unspecified atom stereocenters. The lowest BCUT2D eigenvalue weighted by Gasteiger charge is -2.19. The number of carbonyl (C=O) groups is 2. The molecule has 106 valence electrons. The van der Waals surface area contributed by atoms with Crippen molar-refractivity contribution in [3.05, 3.63) is 11.1 Å². The zero-order valence-corrected chi connectivity index (χ0v) is 12.4. The Morgan fingerprint density at radius 1 is 1.26 bits per heavy atom. The summed E-state index contributed by atoms with van der Waals surface area (Å²) in [6.07, 6.45) is 0. The lowest BCUT2D eigenvalue weighted by atomic mass is 10.0. The number of carbonyl (C=O) groups excluding carboxylic acids is 2. The molecule has 0 saturated carbocycles. The smallest absolute Gasteiger partial charge is 0.357 e. The van der Waals surface area contributed by atoms with Gasteiger partial charge in [-0.2, -0.15) is 0 Å². The third-order valence-corrected chi connectivity index (χ3v) is 2.59. The summed E-state index contributed by atoms with van der Waals surface area (Å²) >= 11 is 0. The highest BCUT2D eigenvalue weighted by Crippen LogP contribution is 2.24. The second-order valence-electron chi connectivity index (χ2n) is 5.41. The predicted octanol–water partition coefficient (Wildman–Crippen LogP) is 2.05. The minimum absolute atomic E-state index is 0.213. The number of hydrogen-bond donors (Lipinski definition) is 0. The maximum absolute atomic E-state index is 12.0. The maximum atomic E-state index is 12.0. The first-order valence-corrected chi connectivity index (χ1v) is 6.36. The van der Waals surface area contributed by atoms with Gasteiger partial charge in [-0.25, -0.2) is 9.59 Å². The summed E-state index contributed by atoms with van der Waals surface area (Å²) in [5.41, 5.74) is 0.601. The van der Waals surface area contributed by atoms with Gasteiger partial charge in [0.15, 0.2) is 0 Å². The van der Waals surface area contributed by atoms with Crippen molar-refractivity contribution >= 4 is 17.7 Å². The van der Waals surface area contributed by atoms with Gasteiger partial charge in [0, 0.05) is 0 Å². The van der Waals surface area contributed by atoms with Gasteiger partial charge in [-0.15, -0.1) is 0 Å². The van der Waals surface area contributed by atoms with Crippen LogP contribution in [0.2, 0.25) is 0 Å². The van der Waals surface area contributed by atoms with Gasteiger partial charge in [0.25, 0.3) is 0 Å². The van der Waals surface area contributed by atoms with Crippen LogP contribution in [0.3, 0.4) is 0 Å². The van der Waals surface area contributed by atoms with Crippen molar-refractivity contribution in [1.82, 2.24) is 0 Å². The van der Waals surface area contributed by atoms with E-state index in [4.69, 9.17) is 9.47 Å². The van der Waals surface area contributed by atoms with Crippen LogP contribution in [0.4, 0.5) is 0 Å². The molecule has 0 aromatic rings. The van der Waals surface area contributed by atoms with Crippen LogP contribution in [0.25, 0.3) is 0 Å². The van der Waals surface area contributed by atoms with E-state index >= 15 is 0 Å². The van der Waals surface area contributed by atoms with Gasteiger partial charge in [-0.3, -0.25) is 4.99 Å². The van der Waals surface area contributed by atoms with Crippen molar-refractivity contribution in [3.8, 4) is 0 Å². The Balaban J connectivity index is 2.97. The molecule has 0 amide bonds. The third-order valence-electron chi connectivity index (χ3n) is 2.59. The van der Waals surface area contributed by atoms with Crippen LogP contribution in [0.1, 0.15) is 41.5 Å². The predicted molar refractivity (Wildman–Crippen MR) is 72.1 cm³/mol. The molecule has 0 aromatic carbocycles. The summed E-state index contributed by atoms with van der Waals surface area (Å²) in [5.74, 6) is -0.925. The highest BCUT2D eigenvalue weighted by molar-refractivity contribution is 6.45. The first kappa shape index (κ1) is 15.4. The average Bonchev–Trinajstić information content (AvgIpc) is 2.52. The fourth-order valence-electron chi connectivity index (χ4n) is 1.86. The lowest BCUT2D eigenvalue weighted by Crippen LogP contribution is -2.29. The SMILES string of the molecule is CCOC(=O)C1=C(C)C(C(=O)OC(C)(C)C)=N[C@H]1C. The van der Waals surface area contributed by atoms with Crippen molar-refractivity contribution < 1.29 is 19.1 Å². The number of rotatable bonds is 3. The zero-order valence-electron chi connectivity index (χ0n) is 12.4. The molecule has 0 radical (unpaired) electrons. The van der Waals surface area contributed by atoms with Crippen molar-refractivity contribution in [2.75, 3.05) is 6.61 Å². The van der Waals surface area contributed by atoms with Gasteiger partial charge >= 0.3 is 11.9 Å². The Bertz CT molecular complexity index is 455. The van der Waals surface area contributed by atoms with Crippen LogP contribution in [-0.4, -0.2) is 35.9 Å². The quantitative estimate of drug-likeness (QED) is 0.734. The van der Waals surface area contributed by atoms with E-state index in [1.165, 1.54) is 0 Å². The minimum Gasteiger partial charge on any atom is -0.463 e. The first-order valence-electron chi connectivity index (χ1n) is 6.36. The number of aliphatic imine (C=N–C) groups is 1. The molecule has 19 heavy (non-hydrogen) atoms. The second-order valence-corrected chi connectivity index (χ2v) is 5.41. The van der Waals surface area contributed by atoms with Crippen molar-refractivity contribution in [2.24, 2.45) is 4.99 Å². The van der Waals surface area contributed by atoms with Gasteiger partial charge in [0.2, 0.25) is 0 Å². The van der Waals surface area contributed by atoms with Gasteiger partial charge < -0.3 is 9.47 Å². The van der Waals surface area contributed by atoms with E-state index in [0.717, 1.165) is 0 Å². The van der Waals surface area contributed by atoms with Gasteiger partial charge in [0.1, 0.15) is 11.3 Å². The van der Waals surface area contributed by atoms with Crippen molar-refractivity contribution in [1.29, 1.82) is 0 Å². The third kappa shape index (κ3) is 3.66. The van der Waals surface area contributed by atoms with Crippen LogP contribution in [0.15, 0.2) is 16.1 Å². The Kier molecular flexibility index (Phi) is 4.50. The van der Waals surface area contributed by atoms with E-state index in [0.29, 0.717) is 17.8 Å². The largest absolute Gasteiger partial charge is 0.463 e. The van der Waals surface area contributed by atoms with E-state index in [1.54, 1.807) is 41.5 Å². The fourth-order valence-corrected chi connectivity index (χ4v) is 1.86. The monoisotopic (exact) mass is 267 g/mol.